The molecule has 0 saturated heterocycles. The smallest absolute Gasteiger partial charge is 0.235 e. The lowest BCUT2D eigenvalue weighted by molar-refractivity contribution is 0.669. The zero-order valence-corrected chi connectivity index (χ0v) is 22.5. The fraction of sp³-hybridized carbons (Fsp3) is 0. The summed E-state index contributed by atoms with van der Waals surface area (Å²) >= 11 is 0. The van der Waals surface area contributed by atoms with Crippen molar-refractivity contribution in [3.8, 4) is 28.3 Å². The predicted molar refractivity (Wildman–Crippen MR) is 172 cm³/mol. The molecule has 0 spiro atoms. The molecule has 0 fully saturated rings. The van der Waals surface area contributed by atoms with Gasteiger partial charge in [-0.15, -0.1) is 0 Å². The van der Waals surface area contributed by atoms with E-state index in [-0.39, 0.29) is 0 Å². The Bertz CT molecular complexity index is 2450. The fourth-order valence-electron chi connectivity index (χ4n) is 6.24. The van der Waals surface area contributed by atoms with Crippen LogP contribution in [0.2, 0.25) is 0 Å². The fourth-order valence-corrected chi connectivity index (χ4v) is 6.24. The number of furan rings is 1. The third-order valence-electron chi connectivity index (χ3n) is 8.23. The largest absolute Gasteiger partial charge is 0.456 e. The summed E-state index contributed by atoms with van der Waals surface area (Å²) in [5.41, 5.74) is 9.05. The van der Waals surface area contributed by atoms with Gasteiger partial charge in [-0.25, -0.2) is 9.97 Å². The molecule has 6 aromatic carbocycles. The van der Waals surface area contributed by atoms with E-state index in [2.05, 4.69) is 114 Å². The highest BCUT2D eigenvalue weighted by Crippen LogP contribution is 2.38. The van der Waals surface area contributed by atoms with Gasteiger partial charge in [-0.3, -0.25) is 4.57 Å². The molecule has 3 heterocycles. The molecule has 0 saturated carbocycles. The Hall–Kier alpha value is -5.74. The molecule has 0 aliphatic heterocycles. The molecule has 0 amide bonds. The third-order valence-corrected chi connectivity index (χ3v) is 8.23. The summed E-state index contributed by atoms with van der Waals surface area (Å²) in [6.45, 7) is 0. The standard InChI is InChI=1S/C38H23N3O/c1-2-10-24(11-3-1)25-18-20-26(21-19-25)37-29-14-4-7-15-32(29)39-38(40-37)41-33-16-8-5-12-27(33)30-22-31-28-13-6-9-17-35(28)42-36(31)23-34(30)41/h1-23H. The van der Waals surface area contributed by atoms with Crippen LogP contribution in [-0.4, -0.2) is 14.5 Å². The molecule has 0 aliphatic carbocycles. The van der Waals surface area contributed by atoms with Gasteiger partial charge >= 0.3 is 0 Å². The van der Waals surface area contributed by atoms with Crippen LogP contribution in [0.3, 0.4) is 0 Å². The molecular weight excluding hydrogens is 514 g/mol. The molecule has 0 bridgehead atoms. The predicted octanol–water partition coefficient (Wildman–Crippen LogP) is 9.96. The maximum absolute atomic E-state index is 6.30. The topological polar surface area (TPSA) is 43.9 Å². The van der Waals surface area contributed by atoms with Crippen molar-refractivity contribution in [3.63, 3.8) is 0 Å². The molecular formula is C38H23N3O. The summed E-state index contributed by atoms with van der Waals surface area (Å²) in [5.74, 6) is 0.637. The highest BCUT2D eigenvalue weighted by molar-refractivity contribution is 6.17. The van der Waals surface area contributed by atoms with E-state index in [0.29, 0.717) is 5.95 Å². The minimum absolute atomic E-state index is 0.637. The lowest BCUT2D eigenvalue weighted by Crippen LogP contribution is -2.03. The molecule has 4 heteroatoms. The Balaban J connectivity index is 1.31. The Morgan fingerprint density at radius 1 is 0.429 bits per heavy atom. The van der Waals surface area contributed by atoms with Gasteiger partial charge in [0.05, 0.1) is 22.2 Å². The first-order valence-corrected chi connectivity index (χ1v) is 14.1. The number of fused-ring (bicyclic) bond motifs is 7. The van der Waals surface area contributed by atoms with Crippen LogP contribution in [0.5, 0.6) is 0 Å². The highest BCUT2D eigenvalue weighted by atomic mass is 16.3. The Labute approximate surface area is 241 Å². The van der Waals surface area contributed by atoms with Gasteiger partial charge < -0.3 is 4.42 Å². The number of hydrogen-bond acceptors (Lipinski definition) is 3. The van der Waals surface area contributed by atoms with Crippen molar-refractivity contribution in [1.29, 1.82) is 0 Å². The molecule has 0 aliphatic rings. The van der Waals surface area contributed by atoms with Crippen LogP contribution in [0.4, 0.5) is 0 Å². The Morgan fingerprint density at radius 3 is 1.95 bits per heavy atom. The lowest BCUT2D eigenvalue weighted by Gasteiger charge is -2.12. The molecule has 9 aromatic rings. The molecule has 3 aromatic heterocycles. The zero-order chi connectivity index (χ0) is 27.6. The van der Waals surface area contributed by atoms with E-state index >= 15 is 0 Å². The number of nitrogens with zero attached hydrogens (tertiary/aromatic N) is 3. The molecule has 196 valence electrons. The van der Waals surface area contributed by atoms with E-state index in [4.69, 9.17) is 14.4 Å². The SMILES string of the molecule is c1ccc(-c2ccc(-c3nc(-n4c5ccccc5c5cc6c(cc54)oc4ccccc46)nc4ccccc34)cc2)cc1. The zero-order valence-electron chi connectivity index (χ0n) is 22.5. The second-order valence-electron chi connectivity index (χ2n) is 10.6. The number of hydrogen-bond donors (Lipinski definition) is 0. The monoisotopic (exact) mass is 537 g/mol. The van der Waals surface area contributed by atoms with Crippen molar-refractivity contribution in [3.05, 3.63) is 140 Å². The van der Waals surface area contributed by atoms with Crippen LogP contribution in [0.15, 0.2) is 144 Å². The number of para-hydroxylation sites is 3. The average molecular weight is 538 g/mol. The Kier molecular flexibility index (Phi) is 4.87. The maximum atomic E-state index is 6.30. The van der Waals surface area contributed by atoms with Crippen molar-refractivity contribution in [2.24, 2.45) is 0 Å². The maximum Gasteiger partial charge on any atom is 0.235 e. The molecule has 0 unspecified atom stereocenters. The lowest BCUT2D eigenvalue weighted by atomic mass is 10.0. The van der Waals surface area contributed by atoms with Gasteiger partial charge in [-0.2, -0.15) is 0 Å². The summed E-state index contributed by atoms with van der Waals surface area (Å²) in [7, 11) is 0. The van der Waals surface area contributed by atoms with Crippen molar-refractivity contribution in [1.82, 2.24) is 14.5 Å². The Morgan fingerprint density at radius 2 is 1.10 bits per heavy atom. The summed E-state index contributed by atoms with van der Waals surface area (Å²) < 4.78 is 8.48. The second-order valence-corrected chi connectivity index (χ2v) is 10.6. The first-order chi connectivity index (χ1) is 20.8. The summed E-state index contributed by atoms with van der Waals surface area (Å²) in [4.78, 5) is 10.4. The second kappa shape index (κ2) is 8.88. The van der Waals surface area contributed by atoms with Crippen molar-refractivity contribution in [2.75, 3.05) is 0 Å². The highest BCUT2D eigenvalue weighted by Gasteiger charge is 2.19. The van der Waals surface area contributed by atoms with E-state index in [1.165, 1.54) is 11.1 Å². The molecule has 0 atom stereocenters. The van der Waals surface area contributed by atoms with Crippen molar-refractivity contribution in [2.45, 2.75) is 0 Å². The number of rotatable bonds is 3. The summed E-state index contributed by atoms with van der Waals surface area (Å²) in [6.07, 6.45) is 0. The molecule has 4 nitrogen and oxygen atoms in total. The molecule has 0 radical (unpaired) electrons. The first kappa shape index (κ1) is 23.0. The van der Waals surface area contributed by atoms with Gasteiger partial charge in [0.15, 0.2) is 0 Å². The average Bonchev–Trinajstić information content (AvgIpc) is 3.58. The van der Waals surface area contributed by atoms with Crippen LogP contribution >= 0.6 is 0 Å². The summed E-state index contributed by atoms with van der Waals surface area (Å²) in [6, 6.07) is 48.4. The van der Waals surface area contributed by atoms with Gasteiger partial charge in [0.2, 0.25) is 5.95 Å². The van der Waals surface area contributed by atoms with Gasteiger partial charge in [-0.05, 0) is 35.4 Å². The van der Waals surface area contributed by atoms with Gasteiger partial charge in [0.25, 0.3) is 0 Å². The molecule has 42 heavy (non-hydrogen) atoms. The van der Waals surface area contributed by atoms with E-state index < -0.39 is 0 Å². The van der Waals surface area contributed by atoms with E-state index in [0.717, 1.165) is 65.9 Å². The van der Waals surface area contributed by atoms with E-state index in [1.807, 2.05) is 30.3 Å². The van der Waals surface area contributed by atoms with Crippen LogP contribution in [0.25, 0.3) is 83.0 Å². The van der Waals surface area contributed by atoms with E-state index in [9.17, 15) is 0 Å². The van der Waals surface area contributed by atoms with Crippen LogP contribution in [0, 0.1) is 0 Å². The molecule has 0 N–H and O–H groups in total. The van der Waals surface area contributed by atoms with Gasteiger partial charge in [0, 0.05) is 38.6 Å². The molecule has 9 rings (SSSR count). The van der Waals surface area contributed by atoms with Crippen molar-refractivity contribution >= 4 is 54.6 Å². The van der Waals surface area contributed by atoms with Crippen LogP contribution in [0.1, 0.15) is 0 Å². The van der Waals surface area contributed by atoms with E-state index in [1.54, 1.807) is 0 Å². The minimum atomic E-state index is 0.637. The van der Waals surface area contributed by atoms with Gasteiger partial charge in [-0.1, -0.05) is 109 Å². The number of aromatic nitrogens is 3. The normalized spacial score (nSPS) is 11.8. The quantitative estimate of drug-likeness (QED) is 0.225. The van der Waals surface area contributed by atoms with Crippen LogP contribution in [-0.2, 0) is 0 Å². The first-order valence-electron chi connectivity index (χ1n) is 14.1. The minimum Gasteiger partial charge on any atom is -0.456 e. The third kappa shape index (κ3) is 3.42. The van der Waals surface area contributed by atoms with Gasteiger partial charge in [0.1, 0.15) is 11.2 Å². The number of benzene rings is 6. The summed E-state index contributed by atoms with van der Waals surface area (Å²) in [5, 5.41) is 5.56. The van der Waals surface area contributed by atoms with Crippen molar-refractivity contribution < 1.29 is 4.42 Å². The van der Waals surface area contributed by atoms with Crippen LogP contribution < -0.4 is 0 Å².